The van der Waals surface area contributed by atoms with Crippen LogP contribution in [0.4, 0.5) is 0 Å². The minimum Gasteiger partial charge on any atom is -0.489 e. The van der Waals surface area contributed by atoms with E-state index in [-0.39, 0.29) is 12.6 Å². The van der Waals surface area contributed by atoms with Crippen molar-refractivity contribution in [3.05, 3.63) is 101 Å². The molecule has 1 aliphatic rings. The summed E-state index contributed by atoms with van der Waals surface area (Å²) in [4.78, 5) is 13.3. The summed E-state index contributed by atoms with van der Waals surface area (Å²) >= 11 is 0. The molecule has 0 aromatic heterocycles. The lowest BCUT2D eigenvalue weighted by Crippen LogP contribution is -2.36. The summed E-state index contributed by atoms with van der Waals surface area (Å²) in [5, 5.41) is 9.34. The second kappa shape index (κ2) is 9.80. The van der Waals surface area contributed by atoms with E-state index in [4.69, 9.17) is 4.74 Å². The summed E-state index contributed by atoms with van der Waals surface area (Å²) in [5.41, 5.74) is 5.03. The van der Waals surface area contributed by atoms with E-state index >= 15 is 0 Å². The van der Waals surface area contributed by atoms with Crippen molar-refractivity contribution in [1.29, 1.82) is 0 Å². The van der Waals surface area contributed by atoms with Crippen LogP contribution in [0.15, 0.2) is 78.9 Å². The Kier molecular flexibility index (Phi) is 6.68. The number of ether oxygens (including phenoxy) is 1. The molecule has 31 heavy (non-hydrogen) atoms. The zero-order chi connectivity index (χ0) is 21.6. The van der Waals surface area contributed by atoms with Gasteiger partial charge in [0.2, 0.25) is 0 Å². The predicted octanol–water partition coefficient (Wildman–Crippen LogP) is 5.13. The van der Waals surface area contributed by atoms with Crippen LogP contribution in [0.2, 0.25) is 0 Å². The lowest BCUT2D eigenvalue weighted by molar-refractivity contribution is -0.138. The number of rotatable bonds is 8. The normalized spacial score (nSPS) is 16.5. The van der Waals surface area contributed by atoms with Gasteiger partial charge in [0.15, 0.2) is 0 Å². The standard InChI is InChI=1S/C27H29NO3/c1-28(18-26(29)30)27(21-10-6-3-7-11-21)24-13-12-23-17-25(15-14-22(23)16-24)31-19-20-8-4-2-5-9-20/h2-11,14-15,17,24,27H,12-13,16,18-19H2,1H3,(H,29,30). The number of fused-ring (bicyclic) bond motifs is 1. The maximum absolute atomic E-state index is 11.4. The van der Waals surface area contributed by atoms with Crippen molar-refractivity contribution in [3.63, 3.8) is 0 Å². The topological polar surface area (TPSA) is 49.8 Å². The number of hydrogen-bond donors (Lipinski definition) is 1. The van der Waals surface area contributed by atoms with Crippen molar-refractivity contribution < 1.29 is 14.6 Å². The van der Waals surface area contributed by atoms with Gasteiger partial charge in [0.05, 0.1) is 6.54 Å². The third-order valence-electron chi connectivity index (χ3n) is 6.14. The van der Waals surface area contributed by atoms with Crippen LogP contribution in [-0.2, 0) is 24.2 Å². The van der Waals surface area contributed by atoms with E-state index < -0.39 is 5.97 Å². The Morgan fingerprint density at radius 3 is 2.45 bits per heavy atom. The molecule has 0 saturated heterocycles. The van der Waals surface area contributed by atoms with Gasteiger partial charge in [-0.25, -0.2) is 0 Å². The number of aryl methyl sites for hydroxylation is 1. The van der Waals surface area contributed by atoms with Gasteiger partial charge in [-0.2, -0.15) is 0 Å². The summed E-state index contributed by atoms with van der Waals surface area (Å²) in [6.45, 7) is 0.605. The molecule has 1 N–H and O–H groups in total. The van der Waals surface area contributed by atoms with Gasteiger partial charge in [-0.3, -0.25) is 9.69 Å². The molecule has 0 amide bonds. The largest absolute Gasteiger partial charge is 0.489 e. The lowest BCUT2D eigenvalue weighted by Gasteiger charge is -2.37. The SMILES string of the molecule is CN(CC(=O)O)C(c1ccccc1)C1CCc2cc(OCc3ccccc3)ccc2C1. The van der Waals surface area contributed by atoms with Crippen LogP contribution in [0.25, 0.3) is 0 Å². The Labute approximate surface area is 184 Å². The number of carbonyl (C=O) groups is 1. The number of likely N-dealkylation sites (N-methyl/N-ethyl adjacent to an activating group) is 1. The van der Waals surface area contributed by atoms with E-state index in [1.807, 2.05) is 48.3 Å². The minimum atomic E-state index is -0.792. The van der Waals surface area contributed by atoms with Gasteiger partial charge in [-0.1, -0.05) is 66.7 Å². The van der Waals surface area contributed by atoms with E-state index in [1.54, 1.807) is 0 Å². The molecule has 0 heterocycles. The number of hydrogen-bond acceptors (Lipinski definition) is 3. The third kappa shape index (κ3) is 5.33. The highest BCUT2D eigenvalue weighted by Gasteiger charge is 2.31. The van der Waals surface area contributed by atoms with Crippen LogP contribution < -0.4 is 4.74 Å². The van der Waals surface area contributed by atoms with Crippen molar-refractivity contribution in [2.24, 2.45) is 5.92 Å². The van der Waals surface area contributed by atoms with E-state index in [9.17, 15) is 9.90 Å². The van der Waals surface area contributed by atoms with Gasteiger partial charge in [0.1, 0.15) is 12.4 Å². The van der Waals surface area contributed by atoms with Crippen LogP contribution in [0, 0.1) is 5.92 Å². The van der Waals surface area contributed by atoms with Gasteiger partial charge >= 0.3 is 5.97 Å². The number of benzene rings is 3. The second-order valence-electron chi connectivity index (χ2n) is 8.37. The fraction of sp³-hybridized carbons (Fsp3) is 0.296. The fourth-order valence-electron chi connectivity index (χ4n) is 4.71. The molecule has 4 heteroatoms. The van der Waals surface area contributed by atoms with Gasteiger partial charge in [0, 0.05) is 6.04 Å². The molecular weight excluding hydrogens is 386 g/mol. The van der Waals surface area contributed by atoms with Crippen molar-refractivity contribution >= 4 is 5.97 Å². The zero-order valence-corrected chi connectivity index (χ0v) is 17.9. The maximum atomic E-state index is 11.4. The molecule has 0 saturated carbocycles. The number of aliphatic carboxylic acids is 1. The quantitative estimate of drug-likeness (QED) is 0.554. The van der Waals surface area contributed by atoms with Crippen LogP contribution in [0.1, 0.15) is 34.7 Å². The van der Waals surface area contributed by atoms with Crippen LogP contribution in [0.5, 0.6) is 5.75 Å². The average Bonchev–Trinajstić information content (AvgIpc) is 2.79. The molecule has 3 aromatic rings. The van der Waals surface area contributed by atoms with Crippen LogP contribution in [-0.4, -0.2) is 29.6 Å². The van der Waals surface area contributed by atoms with E-state index in [2.05, 4.69) is 42.5 Å². The van der Waals surface area contributed by atoms with Gasteiger partial charge < -0.3 is 9.84 Å². The molecule has 0 bridgehead atoms. The van der Waals surface area contributed by atoms with E-state index in [0.29, 0.717) is 12.5 Å². The third-order valence-corrected chi connectivity index (χ3v) is 6.14. The van der Waals surface area contributed by atoms with Gasteiger partial charge in [0.25, 0.3) is 0 Å². The molecule has 0 aliphatic heterocycles. The molecule has 160 valence electrons. The van der Waals surface area contributed by atoms with Crippen LogP contribution >= 0.6 is 0 Å². The number of carboxylic acid groups (broad SMARTS) is 1. The Balaban J connectivity index is 1.49. The monoisotopic (exact) mass is 415 g/mol. The zero-order valence-electron chi connectivity index (χ0n) is 17.9. The first-order chi connectivity index (χ1) is 15.1. The molecule has 4 nitrogen and oxygen atoms in total. The molecule has 2 unspecified atom stereocenters. The summed E-state index contributed by atoms with van der Waals surface area (Å²) in [6.07, 6.45) is 2.95. The molecule has 0 radical (unpaired) electrons. The molecule has 0 fully saturated rings. The summed E-state index contributed by atoms with van der Waals surface area (Å²) in [7, 11) is 1.92. The molecule has 0 spiro atoms. The molecule has 1 aliphatic carbocycles. The fourth-order valence-corrected chi connectivity index (χ4v) is 4.71. The van der Waals surface area contributed by atoms with Crippen molar-refractivity contribution in [2.45, 2.75) is 31.9 Å². The minimum absolute atomic E-state index is 0.0369. The van der Waals surface area contributed by atoms with E-state index in [1.165, 1.54) is 16.7 Å². The first-order valence-electron chi connectivity index (χ1n) is 10.9. The Bertz CT molecular complexity index is 1000. The highest BCUT2D eigenvalue weighted by Crippen LogP contribution is 2.38. The predicted molar refractivity (Wildman–Crippen MR) is 122 cm³/mol. The van der Waals surface area contributed by atoms with Crippen LogP contribution in [0.3, 0.4) is 0 Å². The molecular formula is C27H29NO3. The smallest absolute Gasteiger partial charge is 0.317 e. The van der Waals surface area contributed by atoms with Crippen molar-refractivity contribution in [3.8, 4) is 5.75 Å². The Morgan fingerprint density at radius 2 is 1.74 bits per heavy atom. The van der Waals surface area contributed by atoms with Crippen molar-refractivity contribution in [2.75, 3.05) is 13.6 Å². The molecule has 3 aromatic carbocycles. The summed E-state index contributed by atoms with van der Waals surface area (Å²) in [5.74, 6) is 0.485. The van der Waals surface area contributed by atoms with Crippen molar-refractivity contribution in [1.82, 2.24) is 4.90 Å². The highest BCUT2D eigenvalue weighted by atomic mass is 16.5. The van der Waals surface area contributed by atoms with Gasteiger partial charge in [-0.15, -0.1) is 0 Å². The Morgan fingerprint density at radius 1 is 1.03 bits per heavy atom. The lowest BCUT2D eigenvalue weighted by atomic mass is 9.77. The first kappa shape index (κ1) is 21.1. The highest BCUT2D eigenvalue weighted by molar-refractivity contribution is 5.69. The maximum Gasteiger partial charge on any atom is 0.317 e. The van der Waals surface area contributed by atoms with Gasteiger partial charge in [-0.05, 0) is 66.6 Å². The van der Waals surface area contributed by atoms with E-state index in [0.717, 1.165) is 30.6 Å². The molecule has 2 atom stereocenters. The first-order valence-corrected chi connectivity index (χ1v) is 10.9. The summed E-state index contributed by atoms with van der Waals surface area (Å²) in [6, 6.07) is 27.0. The molecule has 4 rings (SSSR count). The second-order valence-corrected chi connectivity index (χ2v) is 8.37. The average molecular weight is 416 g/mol. The number of carboxylic acids is 1. The summed E-state index contributed by atoms with van der Waals surface area (Å²) < 4.78 is 6.01. The Hall–Kier alpha value is -3.11. The number of nitrogens with zero attached hydrogens (tertiary/aromatic N) is 1.